The topological polar surface area (TPSA) is 29.5 Å². The first kappa shape index (κ1) is 13.4. The van der Waals surface area contributed by atoms with Crippen LogP contribution in [0.5, 0.6) is 0 Å². The average molecular weight is 240 g/mol. The van der Waals surface area contributed by atoms with Crippen LogP contribution in [0.25, 0.3) is 0 Å². The third-order valence-corrected chi connectivity index (χ3v) is 5.72. The molecule has 1 aliphatic carbocycles. The van der Waals surface area contributed by atoms with E-state index >= 15 is 0 Å². The summed E-state index contributed by atoms with van der Waals surface area (Å²) in [4.78, 5) is 0. The normalized spacial score (nSPS) is 34.6. The summed E-state index contributed by atoms with van der Waals surface area (Å²) in [5, 5.41) is 9.43. The Kier molecular flexibility index (Phi) is 3.84. The highest BCUT2D eigenvalue weighted by molar-refractivity contribution is 4.96. The van der Waals surface area contributed by atoms with Gasteiger partial charge in [0.25, 0.3) is 0 Å². The molecule has 100 valence electrons. The number of aliphatic hydroxyl groups excluding tert-OH is 1. The summed E-state index contributed by atoms with van der Waals surface area (Å²) in [6.07, 6.45) is 6.23. The van der Waals surface area contributed by atoms with Crippen molar-refractivity contribution in [3.63, 3.8) is 0 Å². The van der Waals surface area contributed by atoms with E-state index in [4.69, 9.17) is 4.74 Å². The highest BCUT2D eigenvalue weighted by Crippen LogP contribution is 2.53. The van der Waals surface area contributed by atoms with Crippen LogP contribution in [0.1, 0.15) is 52.9 Å². The van der Waals surface area contributed by atoms with Crippen molar-refractivity contribution in [2.75, 3.05) is 19.8 Å². The number of hydrogen-bond donors (Lipinski definition) is 1. The fourth-order valence-electron chi connectivity index (χ4n) is 3.19. The first-order valence-corrected chi connectivity index (χ1v) is 7.21. The van der Waals surface area contributed by atoms with Crippen molar-refractivity contribution in [3.05, 3.63) is 0 Å². The molecule has 2 nitrogen and oxygen atoms in total. The molecular formula is C15H28O2. The molecule has 0 bridgehead atoms. The molecule has 2 rings (SSSR count). The zero-order valence-corrected chi connectivity index (χ0v) is 11.7. The van der Waals surface area contributed by atoms with Crippen LogP contribution >= 0.6 is 0 Å². The lowest BCUT2D eigenvalue weighted by molar-refractivity contribution is 0.109. The van der Waals surface area contributed by atoms with Gasteiger partial charge < -0.3 is 9.84 Å². The molecule has 1 aliphatic heterocycles. The van der Waals surface area contributed by atoms with Gasteiger partial charge >= 0.3 is 0 Å². The van der Waals surface area contributed by atoms with Gasteiger partial charge in [-0.1, -0.05) is 20.8 Å². The van der Waals surface area contributed by atoms with E-state index in [1.54, 1.807) is 0 Å². The Morgan fingerprint density at radius 3 is 2.24 bits per heavy atom. The van der Waals surface area contributed by atoms with Gasteiger partial charge in [-0.25, -0.2) is 0 Å². The van der Waals surface area contributed by atoms with Crippen LogP contribution in [0.2, 0.25) is 0 Å². The highest BCUT2D eigenvalue weighted by Gasteiger charge is 2.46. The predicted octanol–water partition coefficient (Wildman–Crippen LogP) is 3.24. The van der Waals surface area contributed by atoms with Crippen molar-refractivity contribution in [2.24, 2.45) is 22.7 Å². The van der Waals surface area contributed by atoms with Crippen LogP contribution < -0.4 is 0 Å². The minimum Gasteiger partial charge on any atom is -0.396 e. The van der Waals surface area contributed by atoms with E-state index < -0.39 is 0 Å². The van der Waals surface area contributed by atoms with Gasteiger partial charge in [0.15, 0.2) is 0 Å². The fourth-order valence-corrected chi connectivity index (χ4v) is 3.19. The second-order valence-corrected chi connectivity index (χ2v) is 6.86. The van der Waals surface area contributed by atoms with Gasteiger partial charge in [0.05, 0.1) is 6.61 Å². The molecule has 1 heterocycles. The Labute approximate surface area is 106 Å². The molecule has 0 radical (unpaired) electrons. The fraction of sp³-hybridized carbons (Fsp3) is 1.00. The van der Waals surface area contributed by atoms with Crippen molar-refractivity contribution >= 4 is 0 Å². The van der Waals surface area contributed by atoms with Crippen LogP contribution in [-0.4, -0.2) is 24.9 Å². The third kappa shape index (κ3) is 2.68. The summed E-state index contributed by atoms with van der Waals surface area (Å²) < 4.78 is 5.55. The van der Waals surface area contributed by atoms with Crippen LogP contribution in [0.3, 0.4) is 0 Å². The SMILES string of the molecule is CC(CCC(C)C1(CO)CC1)C1(C)CCOC1. The van der Waals surface area contributed by atoms with Crippen molar-refractivity contribution < 1.29 is 9.84 Å². The lowest BCUT2D eigenvalue weighted by Crippen LogP contribution is -2.27. The zero-order chi connectivity index (χ0) is 12.5. The summed E-state index contributed by atoms with van der Waals surface area (Å²) in [6, 6.07) is 0. The molecule has 0 aromatic rings. The number of ether oxygens (including phenoxy) is 1. The van der Waals surface area contributed by atoms with Crippen molar-refractivity contribution in [1.82, 2.24) is 0 Å². The van der Waals surface area contributed by atoms with Gasteiger partial charge in [-0.15, -0.1) is 0 Å². The van der Waals surface area contributed by atoms with Crippen molar-refractivity contribution in [2.45, 2.75) is 52.9 Å². The summed E-state index contributed by atoms with van der Waals surface area (Å²) in [7, 11) is 0. The first-order valence-electron chi connectivity index (χ1n) is 7.21. The molecule has 3 atom stereocenters. The monoisotopic (exact) mass is 240 g/mol. The minimum atomic E-state index is 0.298. The van der Waals surface area contributed by atoms with E-state index in [-0.39, 0.29) is 0 Å². The van der Waals surface area contributed by atoms with Gasteiger partial charge in [0.1, 0.15) is 0 Å². The van der Waals surface area contributed by atoms with Gasteiger partial charge in [-0.3, -0.25) is 0 Å². The van der Waals surface area contributed by atoms with E-state index in [2.05, 4.69) is 20.8 Å². The summed E-state index contributed by atoms with van der Waals surface area (Å²) >= 11 is 0. The summed E-state index contributed by atoms with van der Waals surface area (Å²) in [5.41, 5.74) is 0.697. The lowest BCUT2D eigenvalue weighted by atomic mass is 9.73. The van der Waals surface area contributed by atoms with E-state index in [1.165, 1.54) is 32.1 Å². The highest BCUT2D eigenvalue weighted by atomic mass is 16.5. The second kappa shape index (κ2) is 4.89. The quantitative estimate of drug-likeness (QED) is 0.772. The molecular weight excluding hydrogens is 212 g/mol. The summed E-state index contributed by atoms with van der Waals surface area (Å²) in [5.74, 6) is 1.42. The van der Waals surface area contributed by atoms with Crippen molar-refractivity contribution in [1.29, 1.82) is 0 Å². The molecule has 3 unspecified atom stereocenters. The average Bonchev–Trinajstić information content (AvgIpc) is 3.02. The molecule has 0 spiro atoms. The second-order valence-electron chi connectivity index (χ2n) is 6.86. The molecule has 2 aliphatic rings. The Hall–Kier alpha value is -0.0800. The van der Waals surface area contributed by atoms with Gasteiger partial charge in [0.2, 0.25) is 0 Å². The molecule has 0 aromatic carbocycles. The molecule has 0 aromatic heterocycles. The molecule has 17 heavy (non-hydrogen) atoms. The van der Waals surface area contributed by atoms with Crippen molar-refractivity contribution in [3.8, 4) is 0 Å². The van der Waals surface area contributed by atoms with Gasteiger partial charge in [-0.2, -0.15) is 0 Å². The van der Waals surface area contributed by atoms with Crippen LogP contribution in [0.15, 0.2) is 0 Å². The zero-order valence-electron chi connectivity index (χ0n) is 11.7. The van der Waals surface area contributed by atoms with E-state index in [9.17, 15) is 5.11 Å². The molecule has 2 heteroatoms. The number of aliphatic hydroxyl groups is 1. The number of hydrogen-bond acceptors (Lipinski definition) is 2. The van der Waals surface area contributed by atoms with E-state index in [1.807, 2.05) is 0 Å². The summed E-state index contributed by atoms with van der Waals surface area (Å²) in [6.45, 7) is 9.34. The lowest BCUT2D eigenvalue weighted by Gasteiger charge is -2.31. The minimum absolute atomic E-state index is 0.298. The molecule has 1 N–H and O–H groups in total. The molecule has 0 amide bonds. The third-order valence-electron chi connectivity index (χ3n) is 5.72. The Balaban J connectivity index is 1.78. The largest absolute Gasteiger partial charge is 0.396 e. The maximum absolute atomic E-state index is 9.43. The molecule has 2 fully saturated rings. The standard InChI is InChI=1S/C15H28O2/c1-12(14(3)8-9-17-11-14)4-5-13(2)15(10-16)6-7-15/h12-13,16H,4-11H2,1-3H3. The first-order chi connectivity index (χ1) is 8.02. The van der Waals surface area contributed by atoms with Crippen LogP contribution in [-0.2, 0) is 4.74 Å². The number of rotatable bonds is 6. The molecule has 1 saturated heterocycles. The van der Waals surface area contributed by atoms with Crippen LogP contribution in [0.4, 0.5) is 0 Å². The van der Waals surface area contributed by atoms with E-state index in [0.29, 0.717) is 23.4 Å². The molecule has 1 saturated carbocycles. The maximum Gasteiger partial charge on any atom is 0.0523 e. The van der Waals surface area contributed by atoms with E-state index in [0.717, 1.165) is 19.1 Å². The van der Waals surface area contributed by atoms with Gasteiger partial charge in [-0.05, 0) is 54.8 Å². The Morgan fingerprint density at radius 1 is 1.12 bits per heavy atom. The maximum atomic E-state index is 9.43. The Bertz CT molecular complexity index is 252. The van der Waals surface area contributed by atoms with Crippen LogP contribution in [0, 0.1) is 22.7 Å². The Morgan fingerprint density at radius 2 is 1.76 bits per heavy atom. The predicted molar refractivity (Wildman–Crippen MR) is 69.9 cm³/mol. The smallest absolute Gasteiger partial charge is 0.0523 e. The van der Waals surface area contributed by atoms with Gasteiger partial charge in [0, 0.05) is 13.2 Å².